The molecule has 0 heterocycles. The molecule has 1 fully saturated rings. The molecule has 3 nitrogen and oxygen atoms in total. The van der Waals surface area contributed by atoms with Crippen LogP contribution in [0.25, 0.3) is 0 Å². The summed E-state index contributed by atoms with van der Waals surface area (Å²) in [5, 5.41) is 0. The lowest BCUT2D eigenvalue weighted by Crippen LogP contribution is -2.37. The van der Waals surface area contributed by atoms with Crippen molar-refractivity contribution in [1.29, 1.82) is 0 Å². The van der Waals surface area contributed by atoms with Gasteiger partial charge in [-0.25, -0.2) is 12.7 Å². The highest BCUT2D eigenvalue weighted by Crippen LogP contribution is 2.25. The molecule has 0 atom stereocenters. The summed E-state index contributed by atoms with van der Waals surface area (Å²) in [6.45, 7) is 3.15. The summed E-state index contributed by atoms with van der Waals surface area (Å²) in [6.07, 6.45) is 7.70. The summed E-state index contributed by atoms with van der Waals surface area (Å²) in [7, 11) is -3.11. The van der Waals surface area contributed by atoms with E-state index in [0.29, 0.717) is 30.6 Å². The summed E-state index contributed by atoms with van der Waals surface area (Å²) in [6, 6.07) is 0. The van der Waals surface area contributed by atoms with Gasteiger partial charge in [-0.3, -0.25) is 0 Å². The van der Waals surface area contributed by atoms with E-state index in [-0.39, 0.29) is 0 Å². The van der Waals surface area contributed by atoms with Crippen LogP contribution >= 0.6 is 11.6 Å². The molecule has 18 heavy (non-hydrogen) atoms. The van der Waals surface area contributed by atoms with Gasteiger partial charge in [-0.2, -0.15) is 0 Å². The van der Waals surface area contributed by atoms with Crippen LogP contribution < -0.4 is 0 Å². The zero-order valence-electron chi connectivity index (χ0n) is 11.4. The van der Waals surface area contributed by atoms with Gasteiger partial charge < -0.3 is 0 Å². The second-order valence-corrected chi connectivity index (χ2v) is 7.62. The zero-order chi connectivity index (χ0) is 13.4. The van der Waals surface area contributed by atoms with Crippen LogP contribution in [-0.2, 0) is 10.0 Å². The van der Waals surface area contributed by atoms with E-state index >= 15 is 0 Å². The Kier molecular flexibility index (Phi) is 7.57. The van der Waals surface area contributed by atoms with E-state index in [4.69, 9.17) is 11.6 Å². The maximum atomic E-state index is 12.4. The predicted molar refractivity (Wildman–Crippen MR) is 77.6 cm³/mol. The van der Waals surface area contributed by atoms with E-state index < -0.39 is 10.0 Å². The van der Waals surface area contributed by atoms with Gasteiger partial charge in [0.15, 0.2) is 0 Å². The van der Waals surface area contributed by atoms with Crippen molar-refractivity contribution in [2.75, 3.05) is 24.7 Å². The maximum absolute atomic E-state index is 12.4. The Labute approximate surface area is 117 Å². The molecular weight excluding hydrogens is 270 g/mol. The lowest BCUT2D eigenvalue weighted by Gasteiger charge is -2.26. The highest BCUT2D eigenvalue weighted by atomic mass is 35.5. The van der Waals surface area contributed by atoms with Gasteiger partial charge in [0.1, 0.15) is 0 Å². The van der Waals surface area contributed by atoms with Gasteiger partial charge >= 0.3 is 0 Å². The van der Waals surface area contributed by atoms with Crippen molar-refractivity contribution in [3.05, 3.63) is 0 Å². The average Bonchev–Trinajstić information content (AvgIpc) is 2.35. The maximum Gasteiger partial charge on any atom is 0.214 e. The van der Waals surface area contributed by atoms with E-state index in [0.717, 1.165) is 25.7 Å². The molecule has 0 amide bonds. The van der Waals surface area contributed by atoms with Crippen LogP contribution in [0, 0.1) is 5.92 Å². The summed E-state index contributed by atoms with van der Waals surface area (Å²) in [4.78, 5) is 0. The van der Waals surface area contributed by atoms with Crippen LogP contribution in [0.3, 0.4) is 0 Å². The van der Waals surface area contributed by atoms with Crippen LogP contribution in [0.5, 0.6) is 0 Å². The molecule has 0 aliphatic heterocycles. The molecule has 1 rings (SSSR count). The highest BCUT2D eigenvalue weighted by molar-refractivity contribution is 7.89. The molecule has 0 unspecified atom stereocenters. The zero-order valence-corrected chi connectivity index (χ0v) is 13.0. The fourth-order valence-corrected chi connectivity index (χ4v) is 4.80. The van der Waals surface area contributed by atoms with Crippen LogP contribution in [0.2, 0.25) is 0 Å². The van der Waals surface area contributed by atoms with Crippen molar-refractivity contribution in [1.82, 2.24) is 4.31 Å². The smallest absolute Gasteiger partial charge is 0.212 e. The minimum absolute atomic E-state index is 0.327. The van der Waals surface area contributed by atoms with E-state index in [2.05, 4.69) is 6.92 Å². The first-order chi connectivity index (χ1) is 8.60. The molecule has 1 saturated carbocycles. The topological polar surface area (TPSA) is 37.4 Å². The number of hydrogen-bond donors (Lipinski definition) is 0. The van der Waals surface area contributed by atoms with Gasteiger partial charge in [0.25, 0.3) is 0 Å². The van der Waals surface area contributed by atoms with Crippen LogP contribution in [0.1, 0.15) is 51.9 Å². The molecule has 0 aromatic rings. The number of halogens is 1. The fourth-order valence-electron chi connectivity index (χ4n) is 2.58. The fraction of sp³-hybridized carbons (Fsp3) is 1.00. The van der Waals surface area contributed by atoms with E-state index in [1.54, 1.807) is 4.31 Å². The van der Waals surface area contributed by atoms with E-state index in [1.807, 2.05) is 0 Å². The first-order valence-electron chi connectivity index (χ1n) is 7.14. The van der Waals surface area contributed by atoms with Gasteiger partial charge in [-0.1, -0.05) is 32.6 Å². The van der Waals surface area contributed by atoms with Crippen molar-refractivity contribution in [3.63, 3.8) is 0 Å². The third kappa shape index (κ3) is 5.45. The normalized spacial score (nSPS) is 18.4. The molecule has 5 heteroatoms. The minimum Gasteiger partial charge on any atom is -0.212 e. The molecule has 0 radical (unpaired) electrons. The standard InChI is InChI=1S/C13H26ClNO2S/c1-2-3-10-15(11-9-14)18(16,17)12-13-7-5-4-6-8-13/h13H,2-12H2,1H3. The molecule has 0 aromatic heterocycles. The molecule has 1 aliphatic carbocycles. The second-order valence-electron chi connectivity index (χ2n) is 5.22. The SMILES string of the molecule is CCCCN(CCCl)S(=O)(=O)CC1CCCCC1. The first-order valence-corrected chi connectivity index (χ1v) is 9.28. The first kappa shape index (κ1) is 16.3. The Morgan fingerprint density at radius 1 is 1.17 bits per heavy atom. The lowest BCUT2D eigenvalue weighted by atomic mass is 9.91. The largest absolute Gasteiger partial charge is 0.214 e. The number of sulfonamides is 1. The lowest BCUT2D eigenvalue weighted by molar-refractivity contribution is 0.367. The Bertz CT molecular complexity index is 313. The Hall–Kier alpha value is 0.200. The summed E-state index contributed by atoms with van der Waals surface area (Å²) in [5.74, 6) is 1.07. The number of unbranched alkanes of at least 4 members (excludes halogenated alkanes) is 1. The Morgan fingerprint density at radius 3 is 2.39 bits per heavy atom. The quantitative estimate of drug-likeness (QED) is 0.645. The minimum atomic E-state index is -3.11. The molecular formula is C13H26ClNO2S. The van der Waals surface area contributed by atoms with E-state index in [9.17, 15) is 8.42 Å². The Morgan fingerprint density at radius 2 is 1.83 bits per heavy atom. The van der Waals surface area contributed by atoms with Crippen molar-refractivity contribution >= 4 is 21.6 Å². The highest BCUT2D eigenvalue weighted by Gasteiger charge is 2.26. The number of hydrogen-bond acceptors (Lipinski definition) is 2. The second kappa shape index (κ2) is 8.39. The Balaban J connectivity index is 2.55. The van der Waals surface area contributed by atoms with Crippen LogP contribution in [0.15, 0.2) is 0 Å². The summed E-state index contributed by atoms with van der Waals surface area (Å²) < 4.78 is 26.3. The summed E-state index contributed by atoms with van der Waals surface area (Å²) >= 11 is 5.72. The van der Waals surface area contributed by atoms with Gasteiger partial charge in [0.2, 0.25) is 10.0 Å². The molecule has 0 aromatic carbocycles. The van der Waals surface area contributed by atoms with Gasteiger partial charge in [-0.15, -0.1) is 11.6 Å². The van der Waals surface area contributed by atoms with Crippen LogP contribution in [-0.4, -0.2) is 37.4 Å². The van der Waals surface area contributed by atoms with Crippen molar-refractivity contribution in [2.24, 2.45) is 5.92 Å². The van der Waals surface area contributed by atoms with Gasteiger partial charge in [0.05, 0.1) is 5.75 Å². The van der Waals surface area contributed by atoms with Crippen LogP contribution in [0.4, 0.5) is 0 Å². The van der Waals surface area contributed by atoms with E-state index in [1.165, 1.54) is 19.3 Å². The molecule has 0 spiro atoms. The predicted octanol–water partition coefficient (Wildman–Crippen LogP) is 3.24. The third-order valence-corrected chi connectivity index (χ3v) is 5.87. The number of nitrogens with zero attached hydrogens (tertiary/aromatic N) is 1. The van der Waals surface area contributed by atoms with Crippen molar-refractivity contribution < 1.29 is 8.42 Å². The molecule has 0 saturated heterocycles. The monoisotopic (exact) mass is 295 g/mol. The molecule has 1 aliphatic rings. The van der Waals surface area contributed by atoms with Crippen molar-refractivity contribution in [3.8, 4) is 0 Å². The molecule has 0 N–H and O–H groups in total. The molecule has 0 bridgehead atoms. The molecule has 108 valence electrons. The van der Waals surface area contributed by atoms with Gasteiger partial charge in [-0.05, 0) is 25.2 Å². The van der Waals surface area contributed by atoms with Gasteiger partial charge in [0, 0.05) is 19.0 Å². The summed E-state index contributed by atoms with van der Waals surface area (Å²) in [5.41, 5.74) is 0. The number of alkyl halides is 1. The van der Waals surface area contributed by atoms with Crippen molar-refractivity contribution in [2.45, 2.75) is 51.9 Å². The third-order valence-electron chi connectivity index (χ3n) is 3.66. The number of rotatable bonds is 8. The average molecular weight is 296 g/mol.